The van der Waals surface area contributed by atoms with Gasteiger partial charge in [0.1, 0.15) is 12.1 Å². The molecule has 2 saturated heterocycles. The number of anilines is 1. The van der Waals surface area contributed by atoms with Gasteiger partial charge < -0.3 is 20.2 Å². The Bertz CT molecular complexity index is 1000. The van der Waals surface area contributed by atoms with E-state index in [4.69, 9.17) is 11.6 Å². The second kappa shape index (κ2) is 10.2. The molecule has 0 spiro atoms. The number of piperazine rings is 2. The molecule has 0 unspecified atom stereocenters. The molecule has 9 heteroatoms. The van der Waals surface area contributed by atoms with Crippen molar-refractivity contribution in [3.63, 3.8) is 0 Å². The second-order valence-electron chi connectivity index (χ2n) is 9.62. The van der Waals surface area contributed by atoms with Crippen molar-refractivity contribution >= 4 is 23.3 Å². The summed E-state index contributed by atoms with van der Waals surface area (Å²) < 4.78 is 0. The number of aromatic nitrogens is 2. The van der Waals surface area contributed by atoms with Gasteiger partial charge in [0, 0.05) is 69.5 Å². The van der Waals surface area contributed by atoms with E-state index in [-0.39, 0.29) is 17.7 Å². The molecule has 1 aliphatic carbocycles. The summed E-state index contributed by atoms with van der Waals surface area (Å²) >= 11 is 6.12. The van der Waals surface area contributed by atoms with Crippen LogP contribution in [0, 0.1) is 0 Å². The average Bonchev–Trinajstić information content (AvgIpc) is 3.17. The van der Waals surface area contributed by atoms with E-state index in [1.54, 1.807) is 6.33 Å². The smallest absolute Gasteiger partial charge is 0.231 e. The summed E-state index contributed by atoms with van der Waals surface area (Å²) in [6.07, 6.45) is 1.73. The molecule has 1 aromatic heterocycles. The van der Waals surface area contributed by atoms with Crippen LogP contribution in [0.15, 0.2) is 30.6 Å². The molecule has 3 heterocycles. The van der Waals surface area contributed by atoms with Gasteiger partial charge in [-0.15, -0.1) is 0 Å². The highest BCUT2D eigenvalue weighted by Gasteiger charge is 2.35. The number of amides is 1. The number of aliphatic hydroxyl groups excluding tert-OH is 1. The number of benzene rings is 1. The van der Waals surface area contributed by atoms with Crippen LogP contribution in [0.5, 0.6) is 0 Å². The summed E-state index contributed by atoms with van der Waals surface area (Å²) in [5.41, 5.74) is 2.84. The van der Waals surface area contributed by atoms with Crippen molar-refractivity contribution in [3.8, 4) is 0 Å². The highest BCUT2D eigenvalue weighted by molar-refractivity contribution is 6.30. The molecule has 0 radical (unpaired) electrons. The Kier molecular flexibility index (Phi) is 7.01. The highest BCUT2D eigenvalue weighted by Crippen LogP contribution is 2.42. The molecule has 182 valence electrons. The fourth-order valence-electron chi connectivity index (χ4n) is 5.49. The molecule has 8 nitrogen and oxygen atoms in total. The van der Waals surface area contributed by atoms with E-state index in [2.05, 4.69) is 32.0 Å². The number of hydrogen-bond acceptors (Lipinski definition) is 7. The van der Waals surface area contributed by atoms with Crippen LogP contribution in [0.2, 0.25) is 5.02 Å². The fourth-order valence-corrected chi connectivity index (χ4v) is 5.61. The molecule has 1 aromatic carbocycles. The van der Waals surface area contributed by atoms with E-state index in [9.17, 15) is 9.90 Å². The predicted molar refractivity (Wildman–Crippen MR) is 132 cm³/mol. The Labute approximate surface area is 205 Å². The van der Waals surface area contributed by atoms with Crippen molar-refractivity contribution in [2.24, 2.45) is 0 Å². The Balaban J connectivity index is 1.30. The van der Waals surface area contributed by atoms with Crippen LogP contribution in [0.4, 0.5) is 5.82 Å². The topological polar surface area (TPSA) is 84.8 Å². The Hall–Kier alpha value is -2.26. The molecule has 0 saturated carbocycles. The molecule has 3 atom stereocenters. The third kappa shape index (κ3) is 4.77. The van der Waals surface area contributed by atoms with E-state index in [0.717, 1.165) is 68.5 Å². The summed E-state index contributed by atoms with van der Waals surface area (Å²) in [4.78, 5) is 29.3. The molecule has 3 aliphatic rings. The van der Waals surface area contributed by atoms with Gasteiger partial charge in [0.05, 0.1) is 17.7 Å². The average molecular weight is 485 g/mol. The van der Waals surface area contributed by atoms with Gasteiger partial charge in [0.15, 0.2) is 0 Å². The first-order valence-corrected chi connectivity index (χ1v) is 12.6. The van der Waals surface area contributed by atoms with Crippen molar-refractivity contribution in [2.75, 3.05) is 63.8 Å². The third-order valence-electron chi connectivity index (χ3n) is 7.39. The molecular formula is C25H33ClN6O2. The molecule has 5 rings (SSSR count). The number of halogens is 1. The molecule has 2 aromatic rings. The maximum Gasteiger partial charge on any atom is 0.231 e. The molecule has 0 bridgehead atoms. The minimum absolute atomic E-state index is 0.178. The number of fused-ring (bicyclic) bond motifs is 1. The predicted octanol–water partition coefficient (Wildman–Crippen LogP) is 2.01. The highest BCUT2D eigenvalue weighted by atomic mass is 35.5. The molecule has 2 N–H and O–H groups in total. The maximum absolute atomic E-state index is 13.8. The lowest BCUT2D eigenvalue weighted by Crippen LogP contribution is -2.52. The van der Waals surface area contributed by atoms with E-state index < -0.39 is 6.10 Å². The van der Waals surface area contributed by atoms with Gasteiger partial charge in [0.2, 0.25) is 5.91 Å². The lowest BCUT2D eigenvalue weighted by molar-refractivity contribution is -0.133. The second-order valence-corrected chi connectivity index (χ2v) is 10.1. The van der Waals surface area contributed by atoms with Gasteiger partial charge in [-0.05, 0) is 30.0 Å². The normalized spacial score (nSPS) is 24.2. The van der Waals surface area contributed by atoms with Gasteiger partial charge in [0.25, 0.3) is 0 Å². The zero-order valence-electron chi connectivity index (χ0n) is 19.7. The first-order valence-electron chi connectivity index (χ1n) is 12.3. The number of hydrogen-bond donors (Lipinski definition) is 2. The number of nitrogens with one attached hydrogen (secondary N) is 1. The standard InChI is InChI=1S/C25H33ClN6O2/c1-17-14-21(33)23-22(17)24(29-16-28-23)31-10-12-32(13-11-31)25(34)20(15-30-8-6-27-7-9-30)18-2-4-19(26)5-3-18/h2-5,16-17,20-21,27,33H,6-15H2,1H3/t17-,20-,21-/m1/s1. The van der Waals surface area contributed by atoms with Crippen LogP contribution in [0.25, 0.3) is 0 Å². The monoisotopic (exact) mass is 484 g/mol. The number of carbonyl (C=O) groups excluding carboxylic acids is 1. The van der Waals surface area contributed by atoms with Crippen molar-refractivity contribution in [1.29, 1.82) is 0 Å². The van der Waals surface area contributed by atoms with Gasteiger partial charge in [-0.3, -0.25) is 9.69 Å². The molecular weight excluding hydrogens is 452 g/mol. The quantitative estimate of drug-likeness (QED) is 0.671. The van der Waals surface area contributed by atoms with Crippen LogP contribution in [-0.4, -0.2) is 89.7 Å². The van der Waals surface area contributed by atoms with E-state index >= 15 is 0 Å². The molecule has 34 heavy (non-hydrogen) atoms. The third-order valence-corrected chi connectivity index (χ3v) is 7.64. The van der Waals surface area contributed by atoms with Crippen molar-refractivity contribution in [1.82, 2.24) is 25.1 Å². The van der Waals surface area contributed by atoms with Crippen molar-refractivity contribution < 1.29 is 9.90 Å². The summed E-state index contributed by atoms with van der Waals surface area (Å²) in [6, 6.07) is 7.72. The lowest BCUT2D eigenvalue weighted by Gasteiger charge is -2.39. The Morgan fingerprint density at radius 3 is 2.53 bits per heavy atom. The lowest BCUT2D eigenvalue weighted by atomic mass is 9.96. The zero-order valence-corrected chi connectivity index (χ0v) is 20.4. The SMILES string of the molecule is C[C@@H]1C[C@@H](O)c2ncnc(N3CCN(C(=O)[C@H](CN4CCNCC4)c4ccc(Cl)cc4)CC3)c21. The number of aliphatic hydroxyl groups is 1. The summed E-state index contributed by atoms with van der Waals surface area (Å²) in [6.45, 7) is 9.40. The summed E-state index contributed by atoms with van der Waals surface area (Å²) in [5, 5.41) is 14.4. The number of nitrogens with zero attached hydrogens (tertiary/aromatic N) is 5. The van der Waals surface area contributed by atoms with Gasteiger partial charge in [-0.1, -0.05) is 30.7 Å². The molecule has 2 fully saturated rings. The number of rotatable bonds is 5. The summed E-state index contributed by atoms with van der Waals surface area (Å²) in [7, 11) is 0. The fraction of sp³-hybridized carbons (Fsp3) is 0.560. The van der Waals surface area contributed by atoms with Crippen LogP contribution in [-0.2, 0) is 4.79 Å². The Morgan fingerprint density at radius 2 is 1.82 bits per heavy atom. The maximum atomic E-state index is 13.8. The van der Waals surface area contributed by atoms with Crippen LogP contribution < -0.4 is 10.2 Å². The minimum Gasteiger partial charge on any atom is -0.387 e. The van der Waals surface area contributed by atoms with E-state index in [1.807, 2.05) is 29.2 Å². The first kappa shape index (κ1) is 23.5. The van der Waals surface area contributed by atoms with Crippen LogP contribution >= 0.6 is 11.6 Å². The van der Waals surface area contributed by atoms with Crippen molar-refractivity contribution in [3.05, 3.63) is 52.4 Å². The van der Waals surface area contributed by atoms with Gasteiger partial charge >= 0.3 is 0 Å². The molecule has 1 amide bonds. The van der Waals surface area contributed by atoms with E-state index in [0.29, 0.717) is 24.5 Å². The zero-order chi connectivity index (χ0) is 23.7. The van der Waals surface area contributed by atoms with Crippen molar-refractivity contribution in [2.45, 2.75) is 31.3 Å². The van der Waals surface area contributed by atoms with Gasteiger partial charge in [-0.2, -0.15) is 0 Å². The number of carbonyl (C=O) groups is 1. The van der Waals surface area contributed by atoms with Crippen LogP contribution in [0.1, 0.15) is 48.1 Å². The minimum atomic E-state index is -0.514. The molecule has 2 aliphatic heterocycles. The van der Waals surface area contributed by atoms with Crippen LogP contribution in [0.3, 0.4) is 0 Å². The van der Waals surface area contributed by atoms with E-state index in [1.165, 1.54) is 0 Å². The first-order chi connectivity index (χ1) is 16.5. The Morgan fingerprint density at radius 1 is 1.12 bits per heavy atom. The summed E-state index contributed by atoms with van der Waals surface area (Å²) in [5.74, 6) is 1.11. The van der Waals surface area contributed by atoms with Gasteiger partial charge in [-0.25, -0.2) is 9.97 Å². The largest absolute Gasteiger partial charge is 0.387 e.